The van der Waals surface area contributed by atoms with Gasteiger partial charge in [-0.15, -0.1) is 0 Å². The number of nitrogens with one attached hydrogen (secondary N) is 3. The van der Waals surface area contributed by atoms with Crippen molar-refractivity contribution in [1.82, 2.24) is 19.9 Å². The van der Waals surface area contributed by atoms with E-state index in [0.29, 0.717) is 17.8 Å². The Morgan fingerprint density at radius 3 is 1.05 bits per heavy atom. The van der Waals surface area contributed by atoms with Gasteiger partial charge in [0.15, 0.2) is 0 Å². The molecule has 216 valence electrons. The molecule has 37 heavy (non-hydrogen) atoms. The van der Waals surface area contributed by atoms with Crippen LogP contribution < -0.4 is 16.0 Å². The van der Waals surface area contributed by atoms with Gasteiger partial charge in [-0.25, -0.2) is 0 Å². The van der Waals surface area contributed by atoms with E-state index in [9.17, 15) is 0 Å². The van der Waals surface area contributed by atoms with Gasteiger partial charge in [0.1, 0.15) is 0 Å². The summed E-state index contributed by atoms with van der Waals surface area (Å²) in [5, 5.41) is 10.3. The minimum absolute atomic E-state index is 0.665. The first-order chi connectivity index (χ1) is 18.2. The summed E-state index contributed by atoms with van der Waals surface area (Å²) < 4.78 is 0. The van der Waals surface area contributed by atoms with Crippen molar-refractivity contribution in [1.29, 1.82) is 0 Å². The van der Waals surface area contributed by atoms with Crippen molar-refractivity contribution in [3.05, 3.63) is 0 Å². The van der Waals surface area contributed by atoms with E-state index in [1.165, 1.54) is 103 Å². The van der Waals surface area contributed by atoms with Crippen LogP contribution in [0.15, 0.2) is 0 Å². The zero-order chi connectivity index (χ0) is 26.8. The molecule has 0 unspecified atom stereocenters. The first-order valence-corrected chi connectivity index (χ1v) is 15.8. The highest BCUT2D eigenvalue weighted by atomic mass is 15.3. The van der Waals surface area contributed by atoms with E-state index in [0.717, 1.165) is 45.4 Å². The van der Waals surface area contributed by atoms with Gasteiger partial charge in [0, 0.05) is 19.6 Å². The lowest BCUT2D eigenvalue weighted by Gasteiger charge is -2.12. The topological polar surface area (TPSA) is 78.0 Å². The number of aromatic nitrogens is 3. The molecular formula is C30H61N7. The summed E-state index contributed by atoms with van der Waals surface area (Å²) in [6.45, 7) is 8.29. The van der Waals surface area contributed by atoms with Crippen molar-refractivity contribution in [2.75, 3.05) is 56.2 Å². The Hall–Kier alpha value is -1.63. The van der Waals surface area contributed by atoms with Gasteiger partial charge < -0.3 is 20.9 Å². The smallest absolute Gasteiger partial charge is 0.229 e. The van der Waals surface area contributed by atoms with E-state index in [2.05, 4.69) is 63.7 Å². The zero-order valence-electron chi connectivity index (χ0n) is 25.1. The van der Waals surface area contributed by atoms with Crippen LogP contribution in [-0.4, -0.2) is 60.1 Å². The van der Waals surface area contributed by atoms with E-state index in [1.807, 2.05) is 0 Å². The van der Waals surface area contributed by atoms with Crippen molar-refractivity contribution in [2.45, 2.75) is 136 Å². The Kier molecular flexibility index (Phi) is 22.3. The van der Waals surface area contributed by atoms with E-state index in [1.54, 1.807) is 0 Å². The van der Waals surface area contributed by atoms with E-state index < -0.39 is 0 Å². The molecular weight excluding hydrogens is 458 g/mol. The molecule has 0 aliphatic carbocycles. The molecule has 0 amide bonds. The molecule has 0 spiro atoms. The van der Waals surface area contributed by atoms with E-state index in [4.69, 9.17) is 0 Å². The highest BCUT2D eigenvalue weighted by Gasteiger charge is 2.06. The lowest BCUT2D eigenvalue weighted by molar-refractivity contribution is 0.405. The van der Waals surface area contributed by atoms with Gasteiger partial charge >= 0.3 is 0 Å². The third-order valence-electron chi connectivity index (χ3n) is 6.83. The summed E-state index contributed by atoms with van der Waals surface area (Å²) in [5.74, 6) is 2.02. The van der Waals surface area contributed by atoms with Gasteiger partial charge in [0.2, 0.25) is 17.8 Å². The fraction of sp³-hybridized carbons (Fsp3) is 0.900. The molecule has 0 aliphatic heterocycles. The van der Waals surface area contributed by atoms with Gasteiger partial charge in [0.25, 0.3) is 0 Å². The summed E-state index contributed by atoms with van der Waals surface area (Å²) in [7, 11) is 4.21. The second-order valence-electron chi connectivity index (χ2n) is 10.9. The van der Waals surface area contributed by atoms with Crippen LogP contribution in [0.2, 0.25) is 0 Å². The van der Waals surface area contributed by atoms with Gasteiger partial charge in [-0.05, 0) is 39.9 Å². The summed E-state index contributed by atoms with van der Waals surface area (Å²) in [4.78, 5) is 16.1. The van der Waals surface area contributed by atoms with Gasteiger partial charge in [-0.2, -0.15) is 15.0 Å². The molecule has 7 nitrogen and oxygen atoms in total. The van der Waals surface area contributed by atoms with E-state index in [-0.39, 0.29) is 0 Å². The molecule has 0 aliphatic rings. The lowest BCUT2D eigenvalue weighted by atomic mass is 10.1. The maximum Gasteiger partial charge on any atom is 0.229 e. The molecule has 1 aromatic rings. The maximum atomic E-state index is 4.65. The summed E-state index contributed by atoms with van der Waals surface area (Å²) >= 11 is 0. The van der Waals surface area contributed by atoms with Gasteiger partial charge in [-0.3, -0.25) is 0 Å². The maximum absolute atomic E-state index is 4.65. The Morgan fingerprint density at radius 2 is 0.730 bits per heavy atom. The molecule has 7 heteroatoms. The first-order valence-electron chi connectivity index (χ1n) is 15.8. The van der Waals surface area contributed by atoms with Crippen LogP contribution in [0.25, 0.3) is 0 Å². The third-order valence-corrected chi connectivity index (χ3v) is 6.83. The SMILES string of the molecule is CCCCCCCCCCCCNc1nc(NCCCCCCCCCC)nc(NCCCN(C)C)n1. The standard InChI is InChI=1S/C30H61N7/c1-5-7-9-11-13-15-16-18-20-22-25-32-29-34-28(31-24-21-19-17-14-12-10-8-6-2)35-30(36-29)33-26-23-27-37(3)4/h5-27H2,1-4H3,(H3,31,32,33,34,35,36). The predicted octanol–water partition coefficient (Wildman–Crippen LogP) is 8.12. The second kappa shape index (κ2) is 24.7. The van der Waals surface area contributed by atoms with Crippen LogP contribution in [0.5, 0.6) is 0 Å². The van der Waals surface area contributed by atoms with Crippen molar-refractivity contribution in [2.24, 2.45) is 0 Å². The van der Waals surface area contributed by atoms with Crippen molar-refractivity contribution < 1.29 is 0 Å². The van der Waals surface area contributed by atoms with Crippen LogP contribution in [0.4, 0.5) is 17.8 Å². The predicted molar refractivity (Wildman–Crippen MR) is 163 cm³/mol. The van der Waals surface area contributed by atoms with Crippen LogP contribution in [0.1, 0.15) is 136 Å². The second-order valence-corrected chi connectivity index (χ2v) is 10.9. The Bertz CT molecular complexity index is 624. The molecule has 0 aromatic carbocycles. The summed E-state index contributed by atoms with van der Waals surface area (Å²) in [5.41, 5.74) is 0. The average molecular weight is 520 g/mol. The largest absolute Gasteiger partial charge is 0.354 e. The molecule has 0 saturated heterocycles. The molecule has 1 aromatic heterocycles. The van der Waals surface area contributed by atoms with Crippen LogP contribution >= 0.6 is 0 Å². The molecule has 1 rings (SSSR count). The number of rotatable bonds is 27. The Morgan fingerprint density at radius 1 is 0.432 bits per heavy atom. The number of anilines is 3. The molecule has 0 radical (unpaired) electrons. The zero-order valence-corrected chi connectivity index (χ0v) is 25.1. The van der Waals surface area contributed by atoms with Crippen LogP contribution in [0.3, 0.4) is 0 Å². The summed E-state index contributed by atoms with van der Waals surface area (Å²) in [6.07, 6.45) is 25.1. The molecule has 0 fully saturated rings. The van der Waals surface area contributed by atoms with Crippen LogP contribution in [-0.2, 0) is 0 Å². The molecule has 0 saturated carbocycles. The van der Waals surface area contributed by atoms with Crippen molar-refractivity contribution >= 4 is 17.8 Å². The highest BCUT2D eigenvalue weighted by molar-refractivity contribution is 5.42. The normalized spacial score (nSPS) is 11.3. The van der Waals surface area contributed by atoms with Gasteiger partial charge in [0.05, 0.1) is 0 Å². The number of hydrogen-bond donors (Lipinski definition) is 3. The van der Waals surface area contributed by atoms with Gasteiger partial charge in [-0.1, -0.05) is 117 Å². The number of hydrogen-bond acceptors (Lipinski definition) is 7. The monoisotopic (exact) mass is 519 g/mol. The quantitative estimate of drug-likeness (QED) is 0.101. The lowest BCUT2D eigenvalue weighted by Crippen LogP contribution is -2.18. The highest BCUT2D eigenvalue weighted by Crippen LogP contribution is 2.13. The minimum Gasteiger partial charge on any atom is -0.354 e. The average Bonchev–Trinajstić information content (AvgIpc) is 2.88. The fourth-order valence-electron chi connectivity index (χ4n) is 4.48. The summed E-state index contributed by atoms with van der Waals surface area (Å²) in [6, 6.07) is 0. The number of unbranched alkanes of at least 4 members (excludes halogenated alkanes) is 16. The first kappa shape index (κ1) is 33.4. The third kappa shape index (κ3) is 21.0. The molecule has 1 heterocycles. The minimum atomic E-state index is 0.665. The molecule has 0 bridgehead atoms. The Labute approximate surface area is 229 Å². The Balaban J connectivity index is 2.34. The van der Waals surface area contributed by atoms with E-state index >= 15 is 0 Å². The molecule has 3 N–H and O–H groups in total. The fourth-order valence-corrected chi connectivity index (χ4v) is 4.48. The van der Waals surface area contributed by atoms with Crippen molar-refractivity contribution in [3.8, 4) is 0 Å². The van der Waals surface area contributed by atoms with Crippen molar-refractivity contribution in [3.63, 3.8) is 0 Å². The molecule has 0 atom stereocenters. The number of nitrogens with zero attached hydrogens (tertiary/aromatic N) is 4. The van der Waals surface area contributed by atoms with Crippen LogP contribution in [0, 0.1) is 0 Å².